The summed E-state index contributed by atoms with van der Waals surface area (Å²) >= 11 is 6.00. The first-order valence-corrected chi connectivity index (χ1v) is 8.52. The molecule has 1 aliphatic heterocycles. The molecule has 0 spiro atoms. The molecule has 110 valence electrons. The molecule has 1 N–H and O–H groups in total. The van der Waals surface area contributed by atoms with Crippen LogP contribution >= 0.6 is 11.6 Å². The average Bonchev–Trinajstić information content (AvgIpc) is 2.41. The van der Waals surface area contributed by atoms with Crippen LogP contribution in [0.2, 0.25) is 5.02 Å². The zero-order valence-electron chi connectivity index (χ0n) is 11.6. The number of rotatable bonds is 3. The van der Waals surface area contributed by atoms with Crippen molar-refractivity contribution in [3.63, 3.8) is 0 Å². The number of carbonyl (C=O) groups excluding carboxylic acids is 1. The first kappa shape index (κ1) is 15.4. The van der Waals surface area contributed by atoms with Crippen molar-refractivity contribution in [2.75, 3.05) is 11.5 Å². The smallest absolute Gasteiger partial charge is 0.271 e. The van der Waals surface area contributed by atoms with Crippen molar-refractivity contribution < 1.29 is 9.00 Å². The lowest BCUT2D eigenvalue weighted by Gasteiger charge is -2.22. The van der Waals surface area contributed by atoms with Gasteiger partial charge >= 0.3 is 0 Å². The Bertz CT molecular complexity index is 526. The summed E-state index contributed by atoms with van der Waals surface area (Å²) in [6.45, 7) is 3.92. The summed E-state index contributed by atoms with van der Waals surface area (Å²) in [5.74, 6) is 1.73. The van der Waals surface area contributed by atoms with Gasteiger partial charge in [-0.2, -0.15) is 0 Å². The molecule has 0 aliphatic carbocycles. The number of hydrogen-bond donors (Lipinski definition) is 1. The molecule has 0 radical (unpaired) electrons. The fourth-order valence-corrected chi connectivity index (χ4v) is 3.49. The van der Waals surface area contributed by atoms with Crippen molar-refractivity contribution in [2.24, 2.45) is 0 Å². The zero-order chi connectivity index (χ0) is 14.7. The van der Waals surface area contributed by atoms with Gasteiger partial charge in [0.1, 0.15) is 11.5 Å². The van der Waals surface area contributed by atoms with Crippen molar-refractivity contribution in [1.82, 2.24) is 15.3 Å². The third kappa shape index (κ3) is 3.76. The maximum Gasteiger partial charge on any atom is 0.271 e. The molecule has 1 saturated heterocycles. The monoisotopic (exact) mass is 315 g/mol. The maximum atomic E-state index is 12.2. The van der Waals surface area contributed by atoms with E-state index in [1.165, 1.54) is 6.20 Å². The van der Waals surface area contributed by atoms with E-state index in [2.05, 4.69) is 15.3 Å². The Kier molecular flexibility index (Phi) is 5.10. The van der Waals surface area contributed by atoms with Crippen LogP contribution < -0.4 is 5.32 Å². The van der Waals surface area contributed by atoms with Gasteiger partial charge in [0.2, 0.25) is 0 Å². The van der Waals surface area contributed by atoms with E-state index in [0.29, 0.717) is 17.3 Å². The highest BCUT2D eigenvalue weighted by molar-refractivity contribution is 7.85. The summed E-state index contributed by atoms with van der Waals surface area (Å²) in [5, 5.41) is 3.17. The highest BCUT2D eigenvalue weighted by Gasteiger charge is 2.22. The van der Waals surface area contributed by atoms with Crippen molar-refractivity contribution in [1.29, 1.82) is 0 Å². The normalized spacial score (nSPS) is 22.8. The van der Waals surface area contributed by atoms with Crippen molar-refractivity contribution in [3.05, 3.63) is 22.7 Å². The first-order chi connectivity index (χ1) is 9.47. The van der Waals surface area contributed by atoms with Gasteiger partial charge in [-0.25, -0.2) is 9.97 Å². The number of halogens is 1. The predicted molar refractivity (Wildman–Crippen MR) is 79.5 cm³/mol. The number of aromatic nitrogens is 2. The van der Waals surface area contributed by atoms with Gasteiger partial charge in [-0.1, -0.05) is 25.4 Å². The molecular formula is C13H18ClN3O2S. The van der Waals surface area contributed by atoms with Crippen LogP contribution in [-0.2, 0) is 10.8 Å². The van der Waals surface area contributed by atoms with Crippen LogP contribution in [-0.4, -0.2) is 37.6 Å². The van der Waals surface area contributed by atoms with Crippen LogP contribution in [0.1, 0.15) is 48.9 Å². The molecule has 0 aromatic carbocycles. The molecule has 1 aliphatic rings. The Labute approximate surface area is 126 Å². The molecule has 1 aromatic rings. The minimum absolute atomic E-state index is 0.0498. The van der Waals surface area contributed by atoms with Crippen molar-refractivity contribution >= 4 is 28.3 Å². The van der Waals surface area contributed by atoms with Crippen LogP contribution in [0.5, 0.6) is 0 Å². The number of amides is 1. The third-order valence-corrected chi connectivity index (χ3v) is 4.88. The fourth-order valence-electron chi connectivity index (χ4n) is 2.01. The van der Waals surface area contributed by atoms with E-state index < -0.39 is 10.8 Å². The van der Waals surface area contributed by atoms with Gasteiger partial charge < -0.3 is 5.32 Å². The second-order valence-corrected chi connectivity index (χ2v) is 7.28. The molecule has 20 heavy (non-hydrogen) atoms. The summed E-state index contributed by atoms with van der Waals surface area (Å²) in [5.41, 5.74) is 0.220. The SMILES string of the molecule is CC(C)c1ncc(Cl)c(C(=O)NC2CCS(=O)CC2)n1. The lowest BCUT2D eigenvalue weighted by molar-refractivity contribution is 0.0929. The number of nitrogens with one attached hydrogen (secondary N) is 1. The van der Waals surface area contributed by atoms with Crippen LogP contribution in [0.15, 0.2) is 6.20 Å². The predicted octanol–water partition coefficient (Wildman–Crippen LogP) is 1.89. The number of carbonyl (C=O) groups is 1. The molecule has 1 fully saturated rings. The van der Waals surface area contributed by atoms with E-state index >= 15 is 0 Å². The largest absolute Gasteiger partial charge is 0.348 e. The molecule has 1 amide bonds. The summed E-state index contributed by atoms with van der Waals surface area (Å²) in [7, 11) is -0.737. The minimum atomic E-state index is -0.737. The van der Waals surface area contributed by atoms with Crippen LogP contribution in [0.25, 0.3) is 0 Å². The third-order valence-electron chi connectivity index (χ3n) is 3.22. The van der Waals surface area contributed by atoms with Gasteiger partial charge in [0.15, 0.2) is 0 Å². The molecule has 0 bridgehead atoms. The first-order valence-electron chi connectivity index (χ1n) is 6.65. The Balaban J connectivity index is 2.08. The van der Waals surface area contributed by atoms with E-state index in [9.17, 15) is 9.00 Å². The van der Waals surface area contributed by atoms with Crippen LogP contribution in [0, 0.1) is 0 Å². The Hall–Kier alpha value is -1.01. The fraction of sp³-hybridized carbons (Fsp3) is 0.615. The van der Waals surface area contributed by atoms with Gasteiger partial charge in [-0.15, -0.1) is 0 Å². The lowest BCUT2D eigenvalue weighted by Crippen LogP contribution is -2.40. The molecule has 2 rings (SSSR count). The topological polar surface area (TPSA) is 72.0 Å². The molecule has 7 heteroatoms. The zero-order valence-corrected chi connectivity index (χ0v) is 13.1. The molecule has 1 aromatic heterocycles. The van der Waals surface area contributed by atoms with Crippen LogP contribution in [0.3, 0.4) is 0 Å². The highest BCUT2D eigenvalue weighted by Crippen LogP contribution is 2.17. The number of hydrogen-bond acceptors (Lipinski definition) is 4. The van der Waals surface area contributed by atoms with Crippen molar-refractivity contribution in [2.45, 2.75) is 38.6 Å². The van der Waals surface area contributed by atoms with Gasteiger partial charge in [0.05, 0.1) is 11.2 Å². The van der Waals surface area contributed by atoms with Gasteiger partial charge in [-0.05, 0) is 12.8 Å². The Morgan fingerprint density at radius 1 is 1.45 bits per heavy atom. The maximum absolute atomic E-state index is 12.2. The van der Waals surface area contributed by atoms with Crippen LogP contribution in [0.4, 0.5) is 0 Å². The molecular weight excluding hydrogens is 298 g/mol. The van der Waals surface area contributed by atoms with Crippen molar-refractivity contribution in [3.8, 4) is 0 Å². The lowest BCUT2D eigenvalue weighted by atomic mass is 10.1. The quantitative estimate of drug-likeness (QED) is 0.924. The van der Waals surface area contributed by atoms with E-state index in [1.54, 1.807) is 0 Å². The average molecular weight is 316 g/mol. The second kappa shape index (κ2) is 6.63. The Morgan fingerprint density at radius 3 is 2.70 bits per heavy atom. The highest BCUT2D eigenvalue weighted by atomic mass is 35.5. The van der Waals surface area contributed by atoms with E-state index in [4.69, 9.17) is 11.6 Å². The number of nitrogens with zero attached hydrogens (tertiary/aromatic N) is 2. The van der Waals surface area contributed by atoms with Gasteiger partial charge in [0.25, 0.3) is 5.91 Å². The molecule has 2 heterocycles. The molecule has 5 nitrogen and oxygen atoms in total. The van der Waals surface area contributed by atoms with Gasteiger partial charge in [-0.3, -0.25) is 9.00 Å². The summed E-state index contributed by atoms with van der Waals surface area (Å²) in [6, 6.07) is 0.0498. The second-order valence-electron chi connectivity index (χ2n) is 5.18. The minimum Gasteiger partial charge on any atom is -0.348 e. The van der Waals surface area contributed by atoms with E-state index in [1.807, 2.05) is 13.8 Å². The van der Waals surface area contributed by atoms with Gasteiger partial charge in [0, 0.05) is 34.3 Å². The van der Waals surface area contributed by atoms with E-state index in [0.717, 1.165) is 12.8 Å². The Morgan fingerprint density at radius 2 is 2.10 bits per heavy atom. The summed E-state index contributed by atoms with van der Waals surface area (Å²) < 4.78 is 11.3. The molecule has 0 unspecified atom stereocenters. The standard InChI is InChI=1S/C13H18ClN3O2S/c1-8(2)12-15-7-10(14)11(17-12)13(18)16-9-3-5-20(19)6-4-9/h7-9H,3-6H2,1-2H3,(H,16,18). The summed E-state index contributed by atoms with van der Waals surface area (Å²) in [6.07, 6.45) is 2.94. The molecule has 0 atom stereocenters. The van der Waals surface area contributed by atoms with E-state index in [-0.39, 0.29) is 28.6 Å². The summed E-state index contributed by atoms with van der Waals surface area (Å²) in [4.78, 5) is 20.6. The molecule has 0 saturated carbocycles.